The Bertz CT molecular complexity index is 749. The van der Waals surface area contributed by atoms with Crippen molar-refractivity contribution >= 4 is 16.7 Å². The van der Waals surface area contributed by atoms with Gasteiger partial charge in [0, 0.05) is 24.7 Å². The highest BCUT2D eigenvalue weighted by atomic mass is 16.5. The number of anilines is 1. The predicted octanol–water partition coefficient (Wildman–Crippen LogP) is 3.53. The molecule has 0 atom stereocenters. The third-order valence-corrected chi connectivity index (χ3v) is 3.56. The number of methoxy groups -OCH3 is 1. The van der Waals surface area contributed by atoms with E-state index in [0.29, 0.717) is 0 Å². The number of fused-ring (bicyclic) bond motifs is 1. The average Bonchev–Trinajstić information content (AvgIpc) is 2.90. The lowest BCUT2D eigenvalue weighted by atomic mass is 10.2. The number of hydrogen-bond donors (Lipinski definition) is 2. The number of aryl methyl sites for hydroxylation is 1. The standard InChI is InChI=1S/C17H19N3O/c1-12-5-3-4-6-14(12)18-10-9-17-19-15-8-7-13(21-2)11-16(15)20-17/h3-8,11,18H,9-10H2,1-2H3,(H,19,20). The summed E-state index contributed by atoms with van der Waals surface area (Å²) in [6.07, 6.45) is 0.853. The summed E-state index contributed by atoms with van der Waals surface area (Å²) in [4.78, 5) is 7.93. The first kappa shape index (κ1) is 13.5. The van der Waals surface area contributed by atoms with Gasteiger partial charge in [0.15, 0.2) is 0 Å². The van der Waals surface area contributed by atoms with Gasteiger partial charge < -0.3 is 15.0 Å². The fourth-order valence-corrected chi connectivity index (χ4v) is 2.37. The Balaban J connectivity index is 1.67. The Kier molecular flexibility index (Phi) is 3.77. The molecule has 1 heterocycles. The lowest BCUT2D eigenvalue weighted by Gasteiger charge is -2.07. The van der Waals surface area contributed by atoms with Gasteiger partial charge in [0.2, 0.25) is 0 Å². The van der Waals surface area contributed by atoms with Crippen LogP contribution in [0.5, 0.6) is 5.75 Å². The summed E-state index contributed by atoms with van der Waals surface area (Å²) < 4.78 is 5.22. The van der Waals surface area contributed by atoms with Gasteiger partial charge in [-0.25, -0.2) is 4.98 Å². The molecule has 3 aromatic rings. The van der Waals surface area contributed by atoms with Gasteiger partial charge in [0.05, 0.1) is 18.1 Å². The van der Waals surface area contributed by atoms with E-state index < -0.39 is 0 Å². The van der Waals surface area contributed by atoms with Crippen LogP contribution in [0.2, 0.25) is 0 Å². The predicted molar refractivity (Wildman–Crippen MR) is 86.0 cm³/mol. The number of nitrogens with one attached hydrogen (secondary N) is 2. The minimum absolute atomic E-state index is 0.843. The van der Waals surface area contributed by atoms with Crippen molar-refractivity contribution in [3.8, 4) is 5.75 Å². The average molecular weight is 281 g/mol. The molecule has 0 spiro atoms. The van der Waals surface area contributed by atoms with Gasteiger partial charge in [-0.05, 0) is 30.7 Å². The van der Waals surface area contributed by atoms with Crippen molar-refractivity contribution in [1.29, 1.82) is 0 Å². The highest BCUT2D eigenvalue weighted by molar-refractivity contribution is 5.76. The van der Waals surface area contributed by atoms with Gasteiger partial charge in [-0.1, -0.05) is 18.2 Å². The molecule has 1 aromatic heterocycles. The number of aromatic amines is 1. The van der Waals surface area contributed by atoms with E-state index in [4.69, 9.17) is 4.74 Å². The summed E-state index contributed by atoms with van der Waals surface area (Å²) >= 11 is 0. The number of H-pyrrole nitrogens is 1. The number of aromatic nitrogens is 2. The van der Waals surface area contributed by atoms with Gasteiger partial charge in [0.1, 0.15) is 11.6 Å². The fourth-order valence-electron chi connectivity index (χ4n) is 2.37. The number of rotatable bonds is 5. The van der Waals surface area contributed by atoms with Crippen LogP contribution in [-0.2, 0) is 6.42 Å². The molecule has 0 fully saturated rings. The molecule has 108 valence electrons. The fraction of sp³-hybridized carbons (Fsp3) is 0.235. The third-order valence-electron chi connectivity index (χ3n) is 3.56. The first-order chi connectivity index (χ1) is 10.3. The van der Waals surface area contributed by atoms with Crippen molar-refractivity contribution in [2.24, 2.45) is 0 Å². The normalized spacial score (nSPS) is 10.8. The van der Waals surface area contributed by atoms with E-state index in [2.05, 4.69) is 34.3 Å². The van der Waals surface area contributed by atoms with Crippen LogP contribution in [0.25, 0.3) is 11.0 Å². The maximum absolute atomic E-state index is 5.22. The van der Waals surface area contributed by atoms with E-state index in [-0.39, 0.29) is 0 Å². The van der Waals surface area contributed by atoms with E-state index in [0.717, 1.165) is 35.6 Å². The highest BCUT2D eigenvalue weighted by Gasteiger charge is 2.04. The molecule has 0 saturated carbocycles. The zero-order chi connectivity index (χ0) is 14.7. The maximum atomic E-state index is 5.22. The van der Waals surface area contributed by atoms with Gasteiger partial charge >= 0.3 is 0 Å². The Hall–Kier alpha value is -2.49. The van der Waals surface area contributed by atoms with Crippen molar-refractivity contribution in [2.75, 3.05) is 19.0 Å². The molecule has 4 heteroatoms. The van der Waals surface area contributed by atoms with Crippen LogP contribution in [-0.4, -0.2) is 23.6 Å². The Labute approximate surface area is 124 Å². The highest BCUT2D eigenvalue weighted by Crippen LogP contribution is 2.19. The molecular weight excluding hydrogens is 262 g/mol. The molecule has 0 unspecified atom stereocenters. The molecule has 0 saturated heterocycles. The summed E-state index contributed by atoms with van der Waals surface area (Å²) in [5.41, 5.74) is 4.42. The first-order valence-corrected chi connectivity index (χ1v) is 7.08. The lowest BCUT2D eigenvalue weighted by Crippen LogP contribution is -2.06. The zero-order valence-corrected chi connectivity index (χ0v) is 12.3. The quantitative estimate of drug-likeness (QED) is 0.752. The van der Waals surface area contributed by atoms with E-state index >= 15 is 0 Å². The maximum Gasteiger partial charge on any atom is 0.121 e. The number of para-hydroxylation sites is 1. The smallest absolute Gasteiger partial charge is 0.121 e. The number of imidazole rings is 1. The molecule has 21 heavy (non-hydrogen) atoms. The van der Waals surface area contributed by atoms with Crippen LogP contribution in [0.3, 0.4) is 0 Å². The van der Waals surface area contributed by atoms with Crippen LogP contribution < -0.4 is 10.1 Å². The molecule has 0 aliphatic carbocycles. The number of nitrogens with zero attached hydrogens (tertiary/aromatic N) is 1. The van der Waals surface area contributed by atoms with Crippen LogP contribution in [0.1, 0.15) is 11.4 Å². The Morgan fingerprint density at radius 3 is 2.86 bits per heavy atom. The van der Waals surface area contributed by atoms with Crippen molar-refractivity contribution in [3.05, 3.63) is 53.9 Å². The van der Waals surface area contributed by atoms with E-state index in [9.17, 15) is 0 Å². The summed E-state index contributed by atoms with van der Waals surface area (Å²) in [7, 11) is 1.67. The molecule has 2 N–H and O–H groups in total. The molecule has 0 amide bonds. The summed E-state index contributed by atoms with van der Waals surface area (Å²) in [6, 6.07) is 14.2. The van der Waals surface area contributed by atoms with Crippen molar-refractivity contribution in [2.45, 2.75) is 13.3 Å². The largest absolute Gasteiger partial charge is 0.497 e. The Morgan fingerprint density at radius 1 is 1.19 bits per heavy atom. The van der Waals surface area contributed by atoms with E-state index in [1.165, 1.54) is 11.3 Å². The van der Waals surface area contributed by atoms with Crippen LogP contribution in [0.15, 0.2) is 42.5 Å². The zero-order valence-electron chi connectivity index (χ0n) is 12.3. The van der Waals surface area contributed by atoms with Gasteiger partial charge in [-0.2, -0.15) is 0 Å². The molecule has 3 rings (SSSR count). The monoisotopic (exact) mass is 281 g/mol. The second-order valence-electron chi connectivity index (χ2n) is 5.06. The number of ether oxygens (including phenoxy) is 1. The summed E-state index contributed by atoms with van der Waals surface area (Å²) in [5.74, 6) is 1.83. The minimum Gasteiger partial charge on any atom is -0.497 e. The Morgan fingerprint density at radius 2 is 2.05 bits per heavy atom. The van der Waals surface area contributed by atoms with Crippen molar-refractivity contribution in [3.63, 3.8) is 0 Å². The molecular formula is C17H19N3O. The van der Waals surface area contributed by atoms with Gasteiger partial charge in [-0.3, -0.25) is 0 Å². The molecule has 0 bridgehead atoms. The molecule has 0 radical (unpaired) electrons. The SMILES string of the molecule is COc1ccc2nc(CCNc3ccccc3C)[nH]c2c1. The molecule has 2 aromatic carbocycles. The number of hydrogen-bond acceptors (Lipinski definition) is 3. The molecule has 0 aliphatic heterocycles. The lowest BCUT2D eigenvalue weighted by molar-refractivity contribution is 0.415. The van der Waals surface area contributed by atoms with Crippen LogP contribution in [0.4, 0.5) is 5.69 Å². The second-order valence-corrected chi connectivity index (χ2v) is 5.06. The minimum atomic E-state index is 0.843. The topological polar surface area (TPSA) is 49.9 Å². The van der Waals surface area contributed by atoms with Crippen molar-refractivity contribution < 1.29 is 4.74 Å². The second kappa shape index (κ2) is 5.87. The molecule has 0 aliphatic rings. The third kappa shape index (κ3) is 2.99. The van der Waals surface area contributed by atoms with E-state index in [1.54, 1.807) is 7.11 Å². The molecule has 4 nitrogen and oxygen atoms in total. The van der Waals surface area contributed by atoms with Gasteiger partial charge in [-0.15, -0.1) is 0 Å². The number of benzene rings is 2. The van der Waals surface area contributed by atoms with Crippen molar-refractivity contribution in [1.82, 2.24) is 9.97 Å². The first-order valence-electron chi connectivity index (χ1n) is 7.08. The summed E-state index contributed by atoms with van der Waals surface area (Å²) in [6.45, 7) is 2.96. The summed E-state index contributed by atoms with van der Waals surface area (Å²) in [5, 5.41) is 3.44. The van der Waals surface area contributed by atoms with Gasteiger partial charge in [0.25, 0.3) is 0 Å². The van der Waals surface area contributed by atoms with Crippen LogP contribution in [0, 0.1) is 6.92 Å². The van der Waals surface area contributed by atoms with E-state index in [1.807, 2.05) is 30.3 Å². The van der Waals surface area contributed by atoms with Crippen LogP contribution >= 0.6 is 0 Å².